The zero-order chi connectivity index (χ0) is 14.8. The van der Waals surface area contributed by atoms with Crippen molar-refractivity contribution >= 4 is 21.7 Å². The molecular weight excluding hydrogens is 324 g/mol. The minimum Gasteiger partial charge on any atom is -0.497 e. The summed E-state index contributed by atoms with van der Waals surface area (Å²) in [6.07, 6.45) is 2.18. The number of ether oxygens (including phenoxy) is 3. The van der Waals surface area contributed by atoms with Crippen molar-refractivity contribution in [1.82, 2.24) is 0 Å². The lowest BCUT2D eigenvalue weighted by Crippen LogP contribution is -2.39. The molecule has 5 heteroatoms. The minimum atomic E-state index is -0.380. The maximum Gasteiger partial charge on any atom is 0.179 e. The van der Waals surface area contributed by atoms with Crippen LogP contribution in [-0.2, 0) is 19.0 Å². The monoisotopic (exact) mass is 346 g/mol. The highest BCUT2D eigenvalue weighted by Gasteiger charge is 2.45. The summed E-state index contributed by atoms with van der Waals surface area (Å²) in [4.78, 5) is 12.7. The third-order valence-corrected chi connectivity index (χ3v) is 5.25. The Hall–Kier alpha value is -0.390. The highest BCUT2D eigenvalue weighted by atomic mass is 79.9. The molecule has 20 heavy (non-hydrogen) atoms. The van der Waals surface area contributed by atoms with E-state index >= 15 is 0 Å². The number of carbonyl (C=O) groups is 1. The lowest BCUT2D eigenvalue weighted by Gasteiger charge is -2.39. The predicted molar refractivity (Wildman–Crippen MR) is 79.4 cm³/mol. The van der Waals surface area contributed by atoms with E-state index in [2.05, 4.69) is 22.9 Å². The van der Waals surface area contributed by atoms with Crippen LogP contribution in [0, 0.1) is 11.3 Å². The Morgan fingerprint density at radius 1 is 1.40 bits per heavy atom. The SMILES string of the molecule is CCOC1=C(Br)C(=O)[C@](C)(CCC2OCCO2)[C@H](C)C1. The molecule has 1 fully saturated rings. The predicted octanol–water partition coefficient (Wildman–Crippen LogP) is 3.40. The molecule has 2 rings (SSSR count). The summed E-state index contributed by atoms with van der Waals surface area (Å²) in [7, 11) is 0. The summed E-state index contributed by atoms with van der Waals surface area (Å²) in [6.45, 7) is 7.99. The Morgan fingerprint density at radius 2 is 2.05 bits per heavy atom. The van der Waals surface area contributed by atoms with E-state index in [4.69, 9.17) is 14.2 Å². The summed E-state index contributed by atoms with van der Waals surface area (Å²) in [5.74, 6) is 1.17. The van der Waals surface area contributed by atoms with Gasteiger partial charge in [0.2, 0.25) is 0 Å². The van der Waals surface area contributed by atoms with E-state index < -0.39 is 0 Å². The Balaban J connectivity index is 2.07. The third-order valence-electron chi connectivity index (χ3n) is 4.45. The molecule has 0 spiro atoms. The average molecular weight is 347 g/mol. The van der Waals surface area contributed by atoms with E-state index in [-0.39, 0.29) is 23.4 Å². The highest BCUT2D eigenvalue weighted by Crippen LogP contribution is 2.46. The van der Waals surface area contributed by atoms with Gasteiger partial charge >= 0.3 is 0 Å². The second-order valence-electron chi connectivity index (χ2n) is 5.73. The van der Waals surface area contributed by atoms with Gasteiger partial charge in [0.15, 0.2) is 12.1 Å². The van der Waals surface area contributed by atoms with Gasteiger partial charge in [-0.1, -0.05) is 13.8 Å². The molecule has 0 saturated carbocycles. The second kappa shape index (κ2) is 6.58. The maximum atomic E-state index is 12.7. The molecule has 2 atom stereocenters. The highest BCUT2D eigenvalue weighted by molar-refractivity contribution is 9.12. The van der Waals surface area contributed by atoms with Gasteiger partial charge in [-0.3, -0.25) is 4.79 Å². The van der Waals surface area contributed by atoms with Gasteiger partial charge in [0, 0.05) is 11.8 Å². The third kappa shape index (κ3) is 3.10. The molecule has 0 bridgehead atoms. The number of hydrogen-bond donors (Lipinski definition) is 0. The molecule has 0 aromatic carbocycles. The first kappa shape index (κ1) is 16.0. The quantitative estimate of drug-likeness (QED) is 0.765. The molecule has 4 nitrogen and oxygen atoms in total. The molecule has 0 aromatic rings. The van der Waals surface area contributed by atoms with Crippen LogP contribution in [0.3, 0.4) is 0 Å². The van der Waals surface area contributed by atoms with Crippen molar-refractivity contribution in [2.24, 2.45) is 11.3 Å². The summed E-state index contributed by atoms with van der Waals surface area (Å²) >= 11 is 3.42. The van der Waals surface area contributed by atoms with E-state index in [0.29, 0.717) is 24.3 Å². The maximum absolute atomic E-state index is 12.7. The van der Waals surface area contributed by atoms with Gasteiger partial charge in [-0.2, -0.15) is 0 Å². The lowest BCUT2D eigenvalue weighted by molar-refractivity contribution is -0.129. The fourth-order valence-corrected chi connectivity index (χ4v) is 3.57. The Labute approximate surface area is 129 Å². The minimum absolute atomic E-state index is 0.137. The van der Waals surface area contributed by atoms with Gasteiger partial charge in [0.25, 0.3) is 0 Å². The Morgan fingerprint density at radius 3 is 2.65 bits per heavy atom. The molecule has 0 N–H and O–H groups in total. The van der Waals surface area contributed by atoms with E-state index in [1.165, 1.54) is 0 Å². The van der Waals surface area contributed by atoms with Gasteiger partial charge in [0.05, 0.1) is 24.3 Å². The lowest BCUT2D eigenvalue weighted by atomic mass is 9.67. The van der Waals surface area contributed by atoms with E-state index in [0.717, 1.165) is 25.0 Å². The second-order valence-corrected chi connectivity index (χ2v) is 6.52. The van der Waals surface area contributed by atoms with Crippen molar-refractivity contribution in [2.45, 2.75) is 46.3 Å². The van der Waals surface area contributed by atoms with E-state index in [1.54, 1.807) is 0 Å². The van der Waals surface area contributed by atoms with E-state index in [9.17, 15) is 4.79 Å². The average Bonchev–Trinajstić information content (AvgIpc) is 2.94. The molecule has 0 unspecified atom stereocenters. The van der Waals surface area contributed by atoms with Crippen molar-refractivity contribution in [2.75, 3.05) is 19.8 Å². The van der Waals surface area contributed by atoms with Crippen molar-refractivity contribution in [1.29, 1.82) is 0 Å². The standard InChI is InChI=1S/C15H23BrO4/c1-4-18-11-9-10(2)15(3,14(17)13(11)16)6-5-12-19-7-8-20-12/h10,12H,4-9H2,1-3H3/t10-,15-/m1/s1. The van der Waals surface area contributed by atoms with Crippen LogP contribution < -0.4 is 0 Å². The van der Waals surface area contributed by atoms with Crippen LogP contribution in [0.5, 0.6) is 0 Å². The zero-order valence-electron chi connectivity index (χ0n) is 12.4. The van der Waals surface area contributed by atoms with E-state index in [1.807, 2.05) is 13.8 Å². The molecule has 1 heterocycles. The van der Waals surface area contributed by atoms with Gasteiger partial charge in [-0.25, -0.2) is 0 Å². The van der Waals surface area contributed by atoms with Gasteiger partial charge in [-0.05, 0) is 41.6 Å². The van der Waals surface area contributed by atoms with Crippen LogP contribution >= 0.6 is 15.9 Å². The molecule has 1 aliphatic carbocycles. The number of rotatable bonds is 5. The molecule has 114 valence electrons. The Bertz CT molecular complexity index is 401. The van der Waals surface area contributed by atoms with Gasteiger partial charge < -0.3 is 14.2 Å². The molecule has 0 aromatic heterocycles. The van der Waals surface area contributed by atoms with Gasteiger partial charge in [-0.15, -0.1) is 0 Å². The summed E-state index contributed by atoms with van der Waals surface area (Å²) in [6, 6.07) is 0. The molecule has 2 aliphatic rings. The molecule has 0 radical (unpaired) electrons. The van der Waals surface area contributed by atoms with Crippen LogP contribution in [-0.4, -0.2) is 31.9 Å². The largest absolute Gasteiger partial charge is 0.497 e. The summed E-state index contributed by atoms with van der Waals surface area (Å²) in [5, 5.41) is 0. The summed E-state index contributed by atoms with van der Waals surface area (Å²) < 4.78 is 17.1. The topological polar surface area (TPSA) is 44.8 Å². The fourth-order valence-electron chi connectivity index (χ4n) is 2.84. The molecular formula is C15H23BrO4. The van der Waals surface area contributed by atoms with Crippen LogP contribution in [0.1, 0.15) is 40.0 Å². The zero-order valence-corrected chi connectivity index (χ0v) is 14.0. The van der Waals surface area contributed by atoms with Crippen molar-refractivity contribution in [3.8, 4) is 0 Å². The normalized spacial score (nSPS) is 32.0. The smallest absolute Gasteiger partial charge is 0.179 e. The van der Waals surface area contributed by atoms with Crippen LogP contribution in [0.4, 0.5) is 0 Å². The first-order chi connectivity index (χ1) is 9.49. The van der Waals surface area contributed by atoms with Crippen molar-refractivity contribution in [3.05, 3.63) is 10.2 Å². The number of allylic oxidation sites excluding steroid dienone is 2. The van der Waals surface area contributed by atoms with Crippen LogP contribution in [0.25, 0.3) is 0 Å². The first-order valence-electron chi connectivity index (χ1n) is 7.28. The van der Waals surface area contributed by atoms with Crippen molar-refractivity contribution in [3.63, 3.8) is 0 Å². The number of hydrogen-bond acceptors (Lipinski definition) is 4. The molecule has 1 saturated heterocycles. The van der Waals surface area contributed by atoms with Crippen LogP contribution in [0.15, 0.2) is 10.2 Å². The molecule has 0 amide bonds. The number of halogens is 1. The fraction of sp³-hybridized carbons (Fsp3) is 0.800. The van der Waals surface area contributed by atoms with Gasteiger partial charge in [0.1, 0.15) is 5.76 Å². The number of ketones is 1. The first-order valence-corrected chi connectivity index (χ1v) is 8.07. The van der Waals surface area contributed by atoms with Crippen molar-refractivity contribution < 1.29 is 19.0 Å². The molecule has 1 aliphatic heterocycles. The summed E-state index contributed by atoms with van der Waals surface area (Å²) in [5.41, 5.74) is -0.380. The number of carbonyl (C=O) groups excluding carboxylic acids is 1. The number of Topliss-reactive ketones (excluding diaryl/α,β-unsaturated/α-hetero) is 1. The Kier molecular flexibility index (Phi) is 5.26. The van der Waals surface area contributed by atoms with Crippen LogP contribution in [0.2, 0.25) is 0 Å².